The molecule has 9 aromatic carbocycles. The summed E-state index contributed by atoms with van der Waals surface area (Å²) in [4.78, 5) is 0. The van der Waals surface area contributed by atoms with E-state index in [0.717, 1.165) is 5.56 Å². The van der Waals surface area contributed by atoms with Gasteiger partial charge in [-0.3, -0.25) is 0 Å². The van der Waals surface area contributed by atoms with Gasteiger partial charge in [-0.2, -0.15) is 0 Å². The molecular formula is C48H30O. The third-order valence-electron chi connectivity index (χ3n) is 8.84. The molecule has 0 radical (unpaired) electrons. The number of benzene rings is 9. The van der Waals surface area contributed by atoms with E-state index in [0.29, 0.717) is 11.1 Å². The van der Waals surface area contributed by atoms with E-state index in [-0.39, 0.29) is 76.7 Å². The Morgan fingerprint density at radius 2 is 0.918 bits per heavy atom. The molecule has 49 heavy (non-hydrogen) atoms. The van der Waals surface area contributed by atoms with Crippen LogP contribution in [0.15, 0.2) is 186 Å². The van der Waals surface area contributed by atoms with E-state index >= 15 is 0 Å². The Kier molecular flexibility index (Phi) is 3.54. The highest BCUT2D eigenvalue weighted by Crippen LogP contribution is 2.51. The van der Waals surface area contributed by atoms with Crippen molar-refractivity contribution in [3.05, 3.63) is 182 Å². The average molecular weight is 640 g/mol. The highest BCUT2D eigenvalue weighted by molar-refractivity contribution is 6.26. The number of hydrogen-bond acceptors (Lipinski definition) is 1. The van der Waals surface area contributed by atoms with E-state index in [2.05, 4.69) is 0 Å². The van der Waals surface area contributed by atoms with Crippen molar-refractivity contribution < 1.29 is 27.7 Å². The molecule has 0 aliphatic rings. The van der Waals surface area contributed by atoms with Gasteiger partial charge in [0.05, 0.1) is 23.3 Å². The van der Waals surface area contributed by atoms with E-state index in [1.165, 1.54) is 0 Å². The van der Waals surface area contributed by atoms with Crippen LogP contribution in [0.3, 0.4) is 0 Å². The van der Waals surface area contributed by atoms with E-state index in [9.17, 15) is 9.60 Å². The largest absolute Gasteiger partial charge is 0.455 e. The molecule has 0 aliphatic heterocycles. The molecule has 228 valence electrons. The summed E-state index contributed by atoms with van der Waals surface area (Å²) >= 11 is 0. The van der Waals surface area contributed by atoms with Gasteiger partial charge in [0.15, 0.2) is 0 Å². The van der Waals surface area contributed by atoms with E-state index in [1.807, 2.05) is 30.3 Å². The molecule has 0 atom stereocenters. The van der Waals surface area contributed by atoms with Crippen LogP contribution in [0.1, 0.15) is 23.3 Å². The first kappa shape index (κ1) is 15.6. The van der Waals surface area contributed by atoms with Gasteiger partial charge < -0.3 is 4.42 Å². The highest BCUT2D eigenvalue weighted by Gasteiger charge is 2.25. The molecule has 0 unspecified atom stereocenters. The lowest BCUT2D eigenvalue weighted by Crippen LogP contribution is -1.92. The van der Waals surface area contributed by atoms with Gasteiger partial charge in [0.25, 0.3) is 0 Å². The highest BCUT2D eigenvalue weighted by atomic mass is 16.3. The first-order valence-corrected chi connectivity index (χ1v) is 15.5. The maximum Gasteiger partial charge on any atom is 0.143 e. The van der Waals surface area contributed by atoms with E-state index < -0.39 is 108 Å². The fraction of sp³-hybridized carbons (Fsp3) is 0. The topological polar surface area (TPSA) is 13.1 Å². The molecule has 10 aromatic rings. The third-order valence-corrected chi connectivity index (χ3v) is 8.84. The Morgan fingerprint density at radius 3 is 1.57 bits per heavy atom. The van der Waals surface area contributed by atoms with Crippen molar-refractivity contribution in [3.63, 3.8) is 0 Å². The molecular weight excluding hydrogens is 593 g/mol. The predicted molar refractivity (Wildman–Crippen MR) is 208 cm³/mol. The Labute approximate surface area is 308 Å². The van der Waals surface area contributed by atoms with Crippen LogP contribution in [-0.4, -0.2) is 0 Å². The molecule has 0 saturated heterocycles. The normalized spacial score (nSPS) is 16.5. The van der Waals surface area contributed by atoms with Crippen molar-refractivity contribution in [1.29, 1.82) is 0 Å². The van der Waals surface area contributed by atoms with Gasteiger partial charge in [-0.25, -0.2) is 0 Å². The minimum Gasteiger partial charge on any atom is -0.455 e. The van der Waals surface area contributed by atoms with Crippen LogP contribution < -0.4 is 0 Å². The summed E-state index contributed by atoms with van der Waals surface area (Å²) in [5.41, 5.74) is 1.35. The van der Waals surface area contributed by atoms with Crippen LogP contribution in [-0.2, 0) is 0 Å². The van der Waals surface area contributed by atoms with Crippen molar-refractivity contribution in [2.45, 2.75) is 0 Å². The number of rotatable bonds is 4. The molecule has 1 heteroatoms. The molecule has 1 nitrogen and oxygen atoms in total. The van der Waals surface area contributed by atoms with Gasteiger partial charge in [-0.1, -0.05) is 163 Å². The molecule has 0 N–H and O–H groups in total. The van der Waals surface area contributed by atoms with Crippen molar-refractivity contribution in [2.75, 3.05) is 0 Å². The summed E-state index contributed by atoms with van der Waals surface area (Å²) in [7, 11) is 0. The maximum atomic E-state index is 9.91. The Bertz CT molecular complexity index is 3750. The summed E-state index contributed by atoms with van der Waals surface area (Å²) in [6, 6.07) is 11.7. The zero-order chi connectivity index (χ0) is 47.1. The number of hydrogen-bond donors (Lipinski definition) is 0. The smallest absolute Gasteiger partial charge is 0.143 e. The Balaban J connectivity index is 1.56. The van der Waals surface area contributed by atoms with E-state index in [1.54, 1.807) is 48.5 Å². The first-order valence-electron chi connectivity index (χ1n) is 24.0. The second-order valence-corrected chi connectivity index (χ2v) is 11.5. The summed E-state index contributed by atoms with van der Waals surface area (Å²) in [6.07, 6.45) is 0. The molecule has 1 heterocycles. The van der Waals surface area contributed by atoms with Crippen molar-refractivity contribution >= 4 is 54.1 Å². The quantitative estimate of drug-likeness (QED) is 0.138. The van der Waals surface area contributed by atoms with Crippen LogP contribution in [0.2, 0.25) is 0 Å². The minimum absolute atomic E-state index is 0.0725. The summed E-state index contributed by atoms with van der Waals surface area (Å²) < 4.78 is 162. The van der Waals surface area contributed by atoms with Crippen LogP contribution in [0.5, 0.6) is 0 Å². The molecule has 10 rings (SSSR count). The molecule has 0 aliphatic carbocycles. The van der Waals surface area contributed by atoms with Gasteiger partial charge in [0, 0.05) is 22.1 Å². The van der Waals surface area contributed by atoms with Crippen molar-refractivity contribution in [3.8, 4) is 44.7 Å². The van der Waals surface area contributed by atoms with Gasteiger partial charge in [0.2, 0.25) is 0 Å². The SMILES string of the molecule is [2H]c1c([2H])c([2H])c2c(-c3c(-c4c([2H])c5c([2H])c([2H])c([2H])c([2H])c5c5c([2H])c([2H])c([2H])c([2H])c45)oc4cc(-c5ccccc5)ccc34)c3c([2H])c([2H])c([2H])c([2H])c3c(-c3ccccc3)c2c1[2H]. The second-order valence-electron chi connectivity index (χ2n) is 11.5. The van der Waals surface area contributed by atoms with E-state index in [4.69, 9.17) is 18.1 Å². The van der Waals surface area contributed by atoms with Crippen LogP contribution in [0.4, 0.5) is 0 Å². The zero-order valence-corrected chi connectivity index (χ0v) is 25.4. The molecule has 0 saturated carbocycles. The zero-order valence-electron chi connectivity index (χ0n) is 42.4. The summed E-state index contributed by atoms with van der Waals surface area (Å²) in [5.74, 6) is -0.334. The van der Waals surface area contributed by atoms with Gasteiger partial charge >= 0.3 is 0 Å². The minimum atomic E-state index is -0.733. The van der Waals surface area contributed by atoms with Gasteiger partial charge in [-0.15, -0.1) is 0 Å². The molecule has 0 fully saturated rings. The van der Waals surface area contributed by atoms with Crippen LogP contribution in [0.25, 0.3) is 98.8 Å². The van der Waals surface area contributed by atoms with Crippen LogP contribution >= 0.6 is 0 Å². The van der Waals surface area contributed by atoms with Crippen LogP contribution in [0, 0.1) is 0 Å². The molecule has 0 amide bonds. The standard InChI is InChI=1S/C48H30O/c1-3-15-31(16-4-1)33-27-28-42-44(30-33)49-48(43-29-34-19-7-8-20-35(34)36-21-9-10-22-37(36)43)47(42)46-40-25-13-11-23-38(40)45(32-17-5-2-6-18-32)39-24-12-14-26-41(39)46/h1-30H/i7D,8D,9D,10D,11D,12D,13D,14D,19D,20D,21D,22D,23D,24D,25D,26D,29D. The first-order chi connectivity index (χ1) is 31.4. The van der Waals surface area contributed by atoms with Crippen molar-refractivity contribution in [1.82, 2.24) is 0 Å². The van der Waals surface area contributed by atoms with Crippen molar-refractivity contribution in [2.24, 2.45) is 0 Å². The molecule has 0 spiro atoms. The number of furan rings is 1. The fourth-order valence-corrected chi connectivity index (χ4v) is 6.74. The monoisotopic (exact) mass is 639 g/mol. The average Bonchev–Trinajstić information content (AvgIpc) is 3.70. The second kappa shape index (κ2) is 11.1. The Hall–Kier alpha value is -6.44. The lowest BCUT2D eigenvalue weighted by Gasteiger charge is -2.18. The molecule has 1 aromatic heterocycles. The summed E-state index contributed by atoms with van der Waals surface area (Å²) in [5, 5.41) is -1.81. The maximum absolute atomic E-state index is 9.91. The predicted octanol–water partition coefficient (Wildman–Crippen LogP) is 13.7. The summed E-state index contributed by atoms with van der Waals surface area (Å²) in [6.45, 7) is 0. The number of fused-ring (bicyclic) bond motifs is 6. The van der Waals surface area contributed by atoms with Gasteiger partial charge in [-0.05, 0) is 83.5 Å². The van der Waals surface area contributed by atoms with Gasteiger partial charge in [0.1, 0.15) is 11.3 Å². The lowest BCUT2D eigenvalue weighted by molar-refractivity contribution is 0.633. The molecule has 0 bridgehead atoms. The lowest BCUT2D eigenvalue weighted by atomic mass is 9.84. The third kappa shape index (κ3) is 4.33. The fourth-order valence-electron chi connectivity index (χ4n) is 6.74. The Morgan fingerprint density at radius 1 is 0.388 bits per heavy atom.